The van der Waals surface area contributed by atoms with Gasteiger partial charge in [0.05, 0.1) is 6.04 Å². The van der Waals surface area contributed by atoms with E-state index in [9.17, 15) is 9.90 Å². The molecule has 0 heterocycles. The molecule has 1 aliphatic carbocycles. The Hall–Kier alpha value is -3.31. The van der Waals surface area contributed by atoms with E-state index >= 15 is 0 Å². The van der Waals surface area contributed by atoms with Crippen molar-refractivity contribution in [3.05, 3.63) is 94.5 Å². The van der Waals surface area contributed by atoms with Gasteiger partial charge in [-0.15, -0.1) is 0 Å². The van der Waals surface area contributed by atoms with Crippen LogP contribution in [0.3, 0.4) is 0 Å². The Morgan fingerprint density at radius 2 is 1.63 bits per heavy atom. The lowest BCUT2D eigenvalue weighted by Gasteiger charge is -2.42. The summed E-state index contributed by atoms with van der Waals surface area (Å²) in [5.74, 6) is -0.335. The molecule has 3 aromatic carbocycles. The first-order chi connectivity index (χ1) is 16.6. The molecule has 0 radical (unpaired) electrons. The summed E-state index contributed by atoms with van der Waals surface area (Å²) in [6, 6.07) is 20.2. The average molecular weight is 474 g/mol. The third-order valence-electron chi connectivity index (χ3n) is 7.14. The summed E-state index contributed by atoms with van der Waals surface area (Å²) in [6.07, 6.45) is 2.31. The van der Waals surface area contributed by atoms with Crippen molar-refractivity contribution in [2.75, 3.05) is 6.61 Å². The number of hydrogen-bond acceptors (Lipinski definition) is 5. The maximum Gasteiger partial charge on any atom is 0.342 e. The predicted octanol–water partition coefficient (Wildman–Crippen LogP) is 6.18. The first kappa shape index (κ1) is 24.8. The summed E-state index contributed by atoms with van der Waals surface area (Å²) in [7, 11) is 0. The van der Waals surface area contributed by atoms with Crippen molar-refractivity contribution >= 4 is 5.97 Å². The van der Waals surface area contributed by atoms with Gasteiger partial charge in [-0.2, -0.15) is 0 Å². The van der Waals surface area contributed by atoms with E-state index in [-0.39, 0.29) is 41.4 Å². The molecule has 5 heteroatoms. The first-order valence-corrected chi connectivity index (χ1v) is 12.1. The van der Waals surface area contributed by atoms with Gasteiger partial charge in [-0.1, -0.05) is 76.2 Å². The minimum Gasteiger partial charge on any atom is -0.507 e. The highest BCUT2D eigenvalue weighted by molar-refractivity contribution is 5.92. The van der Waals surface area contributed by atoms with Gasteiger partial charge in [0.15, 0.2) is 0 Å². The van der Waals surface area contributed by atoms with Gasteiger partial charge in [-0.25, -0.2) is 4.79 Å². The normalized spacial score (nSPS) is 16.7. The average Bonchev–Trinajstić information content (AvgIpc) is 2.84. The standard InChI is InChI=1S/C30H35NO4/c1-29(2)14-15-30(3,4)25-16-21(10-13-24(25)29)26(31)19-34-22-11-12-23(27(32)17-22)28(33)35-18-20-8-6-5-7-9-20/h5-13,16-17,26,32H,14-15,18-19,31H2,1-4H3. The van der Waals surface area contributed by atoms with Gasteiger partial charge in [-0.3, -0.25) is 0 Å². The van der Waals surface area contributed by atoms with E-state index < -0.39 is 5.97 Å². The van der Waals surface area contributed by atoms with Crippen LogP contribution in [0.5, 0.6) is 11.5 Å². The Bertz CT molecular complexity index is 1200. The molecular formula is C30H35NO4. The number of ether oxygens (including phenoxy) is 2. The topological polar surface area (TPSA) is 81.8 Å². The highest BCUT2D eigenvalue weighted by atomic mass is 16.5. The molecule has 0 saturated carbocycles. The molecule has 1 atom stereocenters. The summed E-state index contributed by atoms with van der Waals surface area (Å²) in [6.45, 7) is 9.58. The van der Waals surface area contributed by atoms with Crippen molar-refractivity contribution in [1.29, 1.82) is 0 Å². The van der Waals surface area contributed by atoms with Crippen molar-refractivity contribution in [3.63, 3.8) is 0 Å². The molecule has 3 aromatic rings. The van der Waals surface area contributed by atoms with Crippen LogP contribution in [0.4, 0.5) is 0 Å². The molecule has 184 valence electrons. The lowest BCUT2D eigenvalue weighted by molar-refractivity contribution is 0.0469. The van der Waals surface area contributed by atoms with Gasteiger partial charge in [0.25, 0.3) is 0 Å². The summed E-state index contributed by atoms with van der Waals surface area (Å²) in [5, 5.41) is 10.4. The maximum atomic E-state index is 12.4. The van der Waals surface area contributed by atoms with Crippen molar-refractivity contribution in [2.24, 2.45) is 5.73 Å². The Kier molecular flexibility index (Phi) is 6.91. The fraction of sp³-hybridized carbons (Fsp3) is 0.367. The van der Waals surface area contributed by atoms with Crippen LogP contribution in [-0.4, -0.2) is 17.7 Å². The van der Waals surface area contributed by atoms with Gasteiger partial charge in [-0.05, 0) is 58.1 Å². The van der Waals surface area contributed by atoms with Crippen LogP contribution >= 0.6 is 0 Å². The van der Waals surface area contributed by atoms with Gasteiger partial charge >= 0.3 is 5.97 Å². The fourth-order valence-corrected chi connectivity index (χ4v) is 4.69. The zero-order valence-corrected chi connectivity index (χ0v) is 21.0. The molecule has 0 aliphatic heterocycles. The van der Waals surface area contributed by atoms with Crippen molar-refractivity contribution in [1.82, 2.24) is 0 Å². The second-order valence-electron chi connectivity index (χ2n) is 10.7. The minimum atomic E-state index is -0.589. The molecule has 4 rings (SSSR count). The van der Waals surface area contributed by atoms with E-state index in [0.717, 1.165) is 17.5 Å². The number of carbonyl (C=O) groups is 1. The van der Waals surface area contributed by atoms with Gasteiger partial charge in [0.2, 0.25) is 0 Å². The highest BCUT2D eigenvalue weighted by Gasteiger charge is 2.37. The van der Waals surface area contributed by atoms with Gasteiger partial charge in [0.1, 0.15) is 30.3 Å². The van der Waals surface area contributed by atoms with Crippen LogP contribution in [-0.2, 0) is 22.2 Å². The quantitative estimate of drug-likeness (QED) is 0.401. The maximum absolute atomic E-state index is 12.4. The van der Waals surface area contributed by atoms with Crippen LogP contribution in [0.2, 0.25) is 0 Å². The minimum absolute atomic E-state index is 0.0945. The molecule has 1 aliphatic rings. The van der Waals surface area contributed by atoms with E-state index in [0.29, 0.717) is 5.75 Å². The molecule has 0 saturated heterocycles. The smallest absolute Gasteiger partial charge is 0.342 e. The number of rotatable bonds is 7. The van der Waals surface area contributed by atoms with E-state index in [2.05, 4.69) is 45.9 Å². The Balaban J connectivity index is 1.40. The van der Waals surface area contributed by atoms with Crippen LogP contribution in [0.25, 0.3) is 0 Å². The highest BCUT2D eigenvalue weighted by Crippen LogP contribution is 2.46. The molecule has 0 spiro atoms. The van der Waals surface area contributed by atoms with Gasteiger partial charge < -0.3 is 20.3 Å². The second-order valence-corrected chi connectivity index (χ2v) is 10.7. The Morgan fingerprint density at radius 1 is 0.943 bits per heavy atom. The first-order valence-electron chi connectivity index (χ1n) is 12.1. The lowest BCUT2D eigenvalue weighted by Crippen LogP contribution is -2.34. The fourth-order valence-electron chi connectivity index (χ4n) is 4.69. The summed E-state index contributed by atoms with van der Waals surface area (Å²) < 4.78 is 11.2. The predicted molar refractivity (Wildman–Crippen MR) is 138 cm³/mol. The molecule has 1 unspecified atom stereocenters. The molecule has 0 amide bonds. The van der Waals surface area contributed by atoms with Crippen LogP contribution in [0, 0.1) is 0 Å². The zero-order chi connectivity index (χ0) is 25.2. The van der Waals surface area contributed by atoms with Crippen molar-refractivity contribution < 1.29 is 19.4 Å². The van der Waals surface area contributed by atoms with E-state index in [4.69, 9.17) is 15.2 Å². The molecule has 5 nitrogen and oxygen atoms in total. The number of nitrogens with two attached hydrogens (primary N) is 1. The summed E-state index contributed by atoms with van der Waals surface area (Å²) in [4.78, 5) is 12.4. The Labute approximate surface area is 207 Å². The van der Waals surface area contributed by atoms with E-state index in [1.165, 1.54) is 29.7 Å². The number of fused-ring (bicyclic) bond motifs is 1. The lowest BCUT2D eigenvalue weighted by atomic mass is 9.63. The van der Waals surface area contributed by atoms with Crippen molar-refractivity contribution in [2.45, 2.75) is 64.0 Å². The number of phenols is 1. The molecule has 0 fully saturated rings. The van der Waals surface area contributed by atoms with Crippen LogP contribution in [0.1, 0.15) is 79.2 Å². The van der Waals surface area contributed by atoms with Crippen LogP contribution in [0.15, 0.2) is 66.7 Å². The summed E-state index contributed by atoms with van der Waals surface area (Å²) >= 11 is 0. The van der Waals surface area contributed by atoms with Gasteiger partial charge in [0, 0.05) is 6.07 Å². The number of benzene rings is 3. The number of hydrogen-bond donors (Lipinski definition) is 2. The Morgan fingerprint density at radius 3 is 2.31 bits per heavy atom. The molecule has 0 aromatic heterocycles. The number of carbonyl (C=O) groups excluding carboxylic acids is 1. The zero-order valence-electron chi connectivity index (χ0n) is 21.0. The molecular weight excluding hydrogens is 438 g/mol. The number of esters is 1. The van der Waals surface area contributed by atoms with E-state index in [1.54, 1.807) is 6.07 Å². The molecule has 0 bridgehead atoms. The molecule has 3 N–H and O–H groups in total. The SMILES string of the molecule is CC1(C)CCC(C)(C)c2cc(C(N)COc3ccc(C(=O)OCc4ccccc4)c(O)c3)ccc21. The monoisotopic (exact) mass is 473 g/mol. The third kappa shape index (κ3) is 5.51. The molecule has 35 heavy (non-hydrogen) atoms. The second kappa shape index (κ2) is 9.74. The van der Waals surface area contributed by atoms with Crippen molar-refractivity contribution in [3.8, 4) is 11.5 Å². The number of aromatic hydroxyl groups is 1. The number of phenolic OH excluding ortho intramolecular Hbond substituents is 1. The largest absolute Gasteiger partial charge is 0.507 e. The third-order valence-corrected chi connectivity index (χ3v) is 7.14. The van der Waals surface area contributed by atoms with E-state index in [1.807, 2.05) is 30.3 Å². The summed E-state index contributed by atoms with van der Waals surface area (Å²) in [5.41, 5.74) is 11.5. The van der Waals surface area contributed by atoms with Crippen LogP contribution < -0.4 is 10.5 Å².